The van der Waals surface area contributed by atoms with Crippen molar-refractivity contribution < 1.29 is 72.9 Å². The summed E-state index contributed by atoms with van der Waals surface area (Å²) < 4.78 is 0. The number of nitrogens with two attached hydrogens (primary N) is 3. The summed E-state index contributed by atoms with van der Waals surface area (Å²) in [7, 11) is 0. The standard InChI is InChI=1S/C50H77N11O15/c1-2-3-4-5-6-7-8-9-10-11-12-14-30-24-42(67)55-36(27-43(68)69)47(73)57-33(23-29-16-18-31(63)19-17-29)44(70)58-34(25-40(52)65)45(71)56-32(20-21-39(51)64)50(76)61-22-13-15-38(61)49(75)59-35(26-41(53)66)46(72)60-37(28-62)48(74)54-30/h16-19,30,32-38,62-63H,2-15,20-28H2,1H3,(H2,51,64)(H2,52,65)(H2,53,66)(H,54,74)(H,55,67)(H,56,71)(H,57,73)(H,58,70)(H,59,75)(H,60,72)(H,68,69). The summed E-state index contributed by atoms with van der Waals surface area (Å²) in [4.78, 5) is 162. The zero-order valence-corrected chi connectivity index (χ0v) is 43.1. The van der Waals surface area contributed by atoms with Crippen LogP contribution in [0.4, 0.5) is 0 Å². The first kappa shape index (κ1) is 62.9. The summed E-state index contributed by atoms with van der Waals surface area (Å²) in [6.45, 7) is 1.04. The molecule has 2 aliphatic heterocycles. The minimum atomic E-state index is -1.88. The molecule has 2 saturated heterocycles. The fourth-order valence-corrected chi connectivity index (χ4v) is 8.94. The van der Waals surface area contributed by atoms with Crippen LogP contribution in [-0.4, -0.2) is 153 Å². The number of carboxylic acid groups (broad SMARTS) is 1. The first-order valence-corrected chi connectivity index (χ1v) is 26.0. The van der Waals surface area contributed by atoms with Crippen LogP contribution in [0.3, 0.4) is 0 Å². The molecule has 8 unspecified atom stereocenters. The van der Waals surface area contributed by atoms with E-state index in [0.717, 1.165) is 43.4 Å². The highest BCUT2D eigenvalue weighted by atomic mass is 16.4. The van der Waals surface area contributed by atoms with Crippen molar-refractivity contribution in [1.82, 2.24) is 42.1 Å². The number of rotatable bonds is 24. The first-order valence-electron chi connectivity index (χ1n) is 26.0. The SMILES string of the molecule is CCCCCCCCCCCCCC1CC(=O)NC(CC(=O)O)C(=O)NC(Cc2ccc(O)cc2)C(=O)NC(CC(N)=O)C(=O)NC(CCC(N)=O)C(=O)N2CCCC2C(=O)NC(CC(N)=O)C(=O)NC(CO)C(=O)N1. The van der Waals surface area contributed by atoms with Gasteiger partial charge in [0.15, 0.2) is 0 Å². The van der Waals surface area contributed by atoms with E-state index in [1.807, 2.05) is 0 Å². The molecule has 8 atom stereocenters. The number of aromatic hydroxyl groups is 1. The molecule has 3 rings (SSSR count). The van der Waals surface area contributed by atoms with Crippen LogP contribution in [0.1, 0.15) is 141 Å². The van der Waals surface area contributed by atoms with E-state index in [0.29, 0.717) is 18.4 Å². The molecule has 1 aromatic rings. The third-order valence-corrected chi connectivity index (χ3v) is 13.0. The normalized spacial score (nSPS) is 23.7. The van der Waals surface area contributed by atoms with Crippen LogP contribution < -0.4 is 54.4 Å². The quantitative estimate of drug-likeness (QED) is 0.0494. The summed E-state index contributed by atoms with van der Waals surface area (Å²) in [5, 5.41) is 46.9. The molecule has 11 amide bonds. The number of carbonyl (C=O) groups is 12. The molecule has 26 heteroatoms. The van der Waals surface area contributed by atoms with Crippen LogP contribution in [0, 0.1) is 0 Å². The Bertz CT molecular complexity index is 2200. The Kier molecular flexibility index (Phi) is 27.2. The van der Waals surface area contributed by atoms with E-state index < -0.39 is 164 Å². The molecular formula is C50H77N11O15. The summed E-state index contributed by atoms with van der Waals surface area (Å²) in [6, 6.07) is -7.68. The number of aliphatic carboxylic acids is 1. The van der Waals surface area contributed by atoms with Gasteiger partial charge in [0.2, 0.25) is 65.0 Å². The number of aliphatic hydroxyl groups excluding tert-OH is 1. The van der Waals surface area contributed by atoms with Gasteiger partial charge in [-0.3, -0.25) is 57.5 Å². The Morgan fingerprint density at radius 2 is 1.04 bits per heavy atom. The lowest BCUT2D eigenvalue weighted by Crippen LogP contribution is -2.60. The summed E-state index contributed by atoms with van der Waals surface area (Å²) >= 11 is 0. The van der Waals surface area contributed by atoms with Crippen LogP contribution in [0.15, 0.2) is 24.3 Å². The highest BCUT2D eigenvalue weighted by Gasteiger charge is 2.41. The van der Waals surface area contributed by atoms with Gasteiger partial charge in [0.25, 0.3) is 0 Å². The molecule has 16 N–H and O–H groups in total. The fourth-order valence-electron chi connectivity index (χ4n) is 8.94. The lowest BCUT2D eigenvalue weighted by Gasteiger charge is -2.31. The van der Waals surface area contributed by atoms with Crippen molar-refractivity contribution in [2.75, 3.05) is 13.2 Å². The van der Waals surface area contributed by atoms with Crippen molar-refractivity contribution >= 4 is 70.9 Å². The van der Waals surface area contributed by atoms with Gasteiger partial charge >= 0.3 is 5.97 Å². The number of unbranched alkanes of at least 4 members (excludes halogenated alkanes) is 10. The number of hydrogen-bond acceptors (Lipinski definition) is 14. The number of nitrogens with one attached hydrogen (secondary N) is 7. The van der Waals surface area contributed by atoms with Gasteiger partial charge < -0.3 is 74.6 Å². The molecule has 0 aliphatic carbocycles. The summed E-state index contributed by atoms with van der Waals surface area (Å²) in [5.41, 5.74) is 16.6. The van der Waals surface area contributed by atoms with Gasteiger partial charge in [-0.1, -0.05) is 89.7 Å². The number of nitrogens with zero attached hydrogens (tertiary/aromatic N) is 1. The van der Waals surface area contributed by atoms with Crippen molar-refractivity contribution in [2.24, 2.45) is 17.2 Å². The number of aliphatic hydroxyl groups is 1. The molecule has 0 radical (unpaired) electrons. The van der Waals surface area contributed by atoms with Gasteiger partial charge in [-0.05, 0) is 43.4 Å². The zero-order chi connectivity index (χ0) is 56.3. The van der Waals surface area contributed by atoms with E-state index in [1.165, 1.54) is 43.5 Å². The number of hydrogen-bond donors (Lipinski definition) is 13. The summed E-state index contributed by atoms with van der Waals surface area (Å²) in [5.74, 6) is -13.4. The number of benzene rings is 1. The number of carboxylic acids is 1. The second-order valence-electron chi connectivity index (χ2n) is 19.3. The van der Waals surface area contributed by atoms with Crippen LogP contribution in [0.5, 0.6) is 5.75 Å². The predicted octanol–water partition coefficient (Wildman–Crippen LogP) is -2.09. The Labute approximate surface area is 440 Å². The van der Waals surface area contributed by atoms with Gasteiger partial charge in [-0.15, -0.1) is 0 Å². The number of carbonyl (C=O) groups excluding carboxylic acids is 11. The highest BCUT2D eigenvalue weighted by molar-refractivity contribution is 6.00. The van der Waals surface area contributed by atoms with Gasteiger partial charge in [-0.2, -0.15) is 0 Å². The van der Waals surface area contributed by atoms with E-state index in [9.17, 15) is 72.9 Å². The minimum absolute atomic E-state index is 0.00342. The van der Waals surface area contributed by atoms with Gasteiger partial charge in [-0.25, -0.2) is 0 Å². The average molecular weight is 1070 g/mol. The van der Waals surface area contributed by atoms with Gasteiger partial charge in [0, 0.05) is 31.8 Å². The molecule has 422 valence electrons. The van der Waals surface area contributed by atoms with Crippen molar-refractivity contribution in [3.63, 3.8) is 0 Å². The number of amides is 11. The maximum atomic E-state index is 14.3. The lowest BCUT2D eigenvalue weighted by atomic mass is 10.0. The number of primary amides is 3. The molecule has 2 fully saturated rings. The smallest absolute Gasteiger partial charge is 0.305 e. The Morgan fingerprint density at radius 3 is 1.57 bits per heavy atom. The van der Waals surface area contributed by atoms with Crippen molar-refractivity contribution in [2.45, 2.75) is 190 Å². The van der Waals surface area contributed by atoms with Crippen LogP contribution in [-0.2, 0) is 64.0 Å². The second kappa shape index (κ2) is 32.8. The first-order chi connectivity index (χ1) is 36.1. The Balaban J connectivity index is 2.10. The van der Waals surface area contributed by atoms with Crippen molar-refractivity contribution in [1.29, 1.82) is 0 Å². The number of fused-ring (bicyclic) bond motifs is 1. The fraction of sp³-hybridized carbons (Fsp3) is 0.640. The molecule has 0 aromatic heterocycles. The van der Waals surface area contributed by atoms with E-state index in [-0.39, 0.29) is 38.0 Å². The van der Waals surface area contributed by atoms with Crippen molar-refractivity contribution in [3.05, 3.63) is 29.8 Å². The molecule has 1 aromatic carbocycles. The molecule has 2 heterocycles. The molecule has 0 spiro atoms. The van der Waals surface area contributed by atoms with Crippen molar-refractivity contribution in [3.8, 4) is 5.75 Å². The van der Waals surface area contributed by atoms with E-state index >= 15 is 0 Å². The third kappa shape index (κ3) is 22.6. The van der Waals surface area contributed by atoms with Crippen LogP contribution >= 0.6 is 0 Å². The minimum Gasteiger partial charge on any atom is -0.508 e. The predicted molar refractivity (Wildman–Crippen MR) is 271 cm³/mol. The van der Waals surface area contributed by atoms with E-state index in [4.69, 9.17) is 17.2 Å². The molecule has 0 saturated carbocycles. The van der Waals surface area contributed by atoms with Gasteiger partial charge in [0.1, 0.15) is 48.0 Å². The second-order valence-corrected chi connectivity index (χ2v) is 19.3. The number of phenolic OH excluding ortho intramolecular Hbond substituents is 1. The lowest BCUT2D eigenvalue weighted by molar-refractivity contribution is -0.143. The van der Waals surface area contributed by atoms with E-state index in [1.54, 1.807) is 0 Å². The molecule has 2 aliphatic rings. The topological polar surface area (TPSA) is 431 Å². The maximum absolute atomic E-state index is 14.3. The molecule has 0 bridgehead atoms. The van der Waals surface area contributed by atoms with Gasteiger partial charge in [0.05, 0.1) is 25.9 Å². The monoisotopic (exact) mass is 1070 g/mol. The molecular weight excluding hydrogens is 995 g/mol. The Hall–Kier alpha value is -7.38. The highest BCUT2D eigenvalue weighted by Crippen LogP contribution is 2.21. The van der Waals surface area contributed by atoms with Crippen LogP contribution in [0.25, 0.3) is 0 Å². The molecule has 26 nitrogen and oxygen atoms in total. The summed E-state index contributed by atoms with van der Waals surface area (Å²) in [6.07, 6.45) is 6.62. The Morgan fingerprint density at radius 1 is 0.566 bits per heavy atom. The zero-order valence-electron chi connectivity index (χ0n) is 43.1. The van der Waals surface area contributed by atoms with E-state index in [2.05, 4.69) is 44.1 Å². The number of phenols is 1. The maximum Gasteiger partial charge on any atom is 0.305 e. The average Bonchev–Trinajstić information content (AvgIpc) is 3.85. The third-order valence-electron chi connectivity index (χ3n) is 13.0. The molecule has 76 heavy (non-hydrogen) atoms. The van der Waals surface area contributed by atoms with Crippen LogP contribution in [0.2, 0.25) is 0 Å². The largest absolute Gasteiger partial charge is 0.508 e.